The highest BCUT2D eigenvalue weighted by Gasteiger charge is 2.14. The van der Waals surface area contributed by atoms with Gasteiger partial charge in [0, 0.05) is 16.3 Å². The summed E-state index contributed by atoms with van der Waals surface area (Å²) in [6, 6.07) is 52.8. The molecule has 8 rings (SSSR count). The molecule has 196 valence electrons. The smallest absolute Gasteiger partial charge is 0.179 e. The highest BCUT2D eigenvalue weighted by atomic mass is 14.9. The van der Waals surface area contributed by atoms with Crippen molar-refractivity contribution in [3.05, 3.63) is 152 Å². The van der Waals surface area contributed by atoms with E-state index in [4.69, 9.17) is 15.0 Å². The third kappa shape index (κ3) is 4.29. The highest BCUT2D eigenvalue weighted by molar-refractivity contribution is 5.99. The summed E-state index contributed by atoms with van der Waals surface area (Å²) in [7, 11) is 0. The number of aromatic nitrogens is 3. The minimum Gasteiger partial charge on any atom is -0.244 e. The van der Waals surface area contributed by atoms with Gasteiger partial charge >= 0.3 is 0 Å². The summed E-state index contributed by atoms with van der Waals surface area (Å²) in [5, 5.41) is 4.59. The molecule has 0 saturated carbocycles. The molecule has 3 nitrogen and oxygen atoms in total. The van der Waals surface area contributed by atoms with E-state index >= 15 is 0 Å². The zero-order valence-corrected chi connectivity index (χ0v) is 22.8. The number of benzene rings is 6. The molecule has 0 saturated heterocycles. The minimum atomic E-state index is 0.619. The Labute approximate surface area is 243 Å². The Kier molecular flexibility index (Phi) is 5.79. The van der Waals surface area contributed by atoms with E-state index in [1.165, 1.54) is 27.5 Å². The van der Waals surface area contributed by atoms with E-state index in [-0.39, 0.29) is 0 Å². The van der Waals surface area contributed by atoms with Crippen molar-refractivity contribution in [1.29, 1.82) is 0 Å². The fraction of sp³-hybridized carbons (Fsp3) is 0. The molecule has 0 spiro atoms. The third-order valence-corrected chi connectivity index (χ3v) is 7.89. The molecule has 0 aliphatic carbocycles. The lowest BCUT2D eigenvalue weighted by Gasteiger charge is -2.11. The van der Waals surface area contributed by atoms with Crippen LogP contribution in [0.2, 0.25) is 0 Å². The Morgan fingerprint density at radius 2 is 1.02 bits per heavy atom. The Hall–Kier alpha value is -5.67. The summed E-state index contributed by atoms with van der Waals surface area (Å²) >= 11 is 0. The van der Waals surface area contributed by atoms with Gasteiger partial charge in [-0.25, -0.2) is 15.0 Å². The lowest BCUT2D eigenvalue weighted by Crippen LogP contribution is -1.97. The molecule has 0 radical (unpaired) electrons. The molecule has 8 aromatic rings. The van der Waals surface area contributed by atoms with Crippen LogP contribution in [0.4, 0.5) is 0 Å². The molecule has 0 unspecified atom stereocenters. The van der Waals surface area contributed by atoms with Crippen LogP contribution in [0.5, 0.6) is 0 Å². The maximum atomic E-state index is 5.09. The fourth-order valence-corrected chi connectivity index (χ4v) is 5.75. The predicted octanol–water partition coefficient (Wildman–Crippen LogP) is 10.00. The van der Waals surface area contributed by atoms with Gasteiger partial charge in [0.05, 0.1) is 16.7 Å². The number of pyridine rings is 1. The Morgan fingerprint density at radius 1 is 0.357 bits per heavy atom. The Bertz CT molecular complexity index is 2240. The normalized spacial score (nSPS) is 11.3. The Morgan fingerprint density at radius 3 is 1.90 bits per heavy atom. The number of nitrogens with zero attached hydrogens (tertiary/aromatic N) is 3. The van der Waals surface area contributed by atoms with Gasteiger partial charge in [-0.2, -0.15) is 0 Å². The molecule has 42 heavy (non-hydrogen) atoms. The van der Waals surface area contributed by atoms with E-state index < -0.39 is 0 Å². The van der Waals surface area contributed by atoms with Gasteiger partial charge in [0.1, 0.15) is 5.69 Å². The van der Waals surface area contributed by atoms with E-state index in [1.54, 1.807) is 0 Å². The summed E-state index contributed by atoms with van der Waals surface area (Å²) in [4.78, 5) is 15.1. The van der Waals surface area contributed by atoms with Gasteiger partial charge in [0.25, 0.3) is 0 Å². The molecule has 0 bridgehead atoms. The number of hydrogen-bond acceptors (Lipinski definition) is 3. The van der Waals surface area contributed by atoms with E-state index in [0.717, 1.165) is 44.3 Å². The van der Waals surface area contributed by atoms with Gasteiger partial charge in [-0.3, -0.25) is 0 Å². The van der Waals surface area contributed by atoms with Crippen LogP contribution in [0.1, 0.15) is 0 Å². The number of fused-ring (bicyclic) bond motifs is 3. The monoisotopic (exact) mass is 535 g/mol. The van der Waals surface area contributed by atoms with Crippen LogP contribution in [-0.2, 0) is 0 Å². The van der Waals surface area contributed by atoms with Gasteiger partial charge in [-0.05, 0) is 63.4 Å². The van der Waals surface area contributed by atoms with Crippen molar-refractivity contribution < 1.29 is 0 Å². The van der Waals surface area contributed by atoms with Crippen molar-refractivity contribution in [2.75, 3.05) is 0 Å². The first-order chi connectivity index (χ1) is 20.8. The summed E-state index contributed by atoms with van der Waals surface area (Å²) in [5.74, 6) is 0.619. The van der Waals surface area contributed by atoms with Crippen molar-refractivity contribution in [1.82, 2.24) is 15.0 Å². The number of para-hydroxylation sites is 1. The van der Waals surface area contributed by atoms with Crippen molar-refractivity contribution in [3.8, 4) is 45.0 Å². The minimum absolute atomic E-state index is 0.619. The average Bonchev–Trinajstić information content (AvgIpc) is 3.07. The molecule has 6 aromatic carbocycles. The molecule has 2 aromatic heterocycles. The molecule has 0 aliphatic heterocycles. The first-order valence-corrected chi connectivity index (χ1v) is 14.1. The third-order valence-electron chi connectivity index (χ3n) is 7.89. The quantitative estimate of drug-likeness (QED) is 0.225. The molecular formula is C39H25N3. The van der Waals surface area contributed by atoms with Crippen LogP contribution in [0.25, 0.3) is 77.6 Å². The van der Waals surface area contributed by atoms with Crippen LogP contribution >= 0.6 is 0 Å². The topological polar surface area (TPSA) is 38.7 Å². The van der Waals surface area contributed by atoms with Crippen molar-refractivity contribution in [2.45, 2.75) is 0 Å². The number of hydrogen-bond donors (Lipinski definition) is 0. The molecule has 0 fully saturated rings. The first kappa shape index (κ1) is 24.2. The van der Waals surface area contributed by atoms with E-state index in [9.17, 15) is 0 Å². The van der Waals surface area contributed by atoms with E-state index in [2.05, 4.69) is 121 Å². The second kappa shape index (κ2) is 10.1. The zero-order valence-electron chi connectivity index (χ0n) is 22.8. The lowest BCUT2D eigenvalue weighted by atomic mass is 9.97. The molecule has 0 aliphatic rings. The van der Waals surface area contributed by atoms with Crippen LogP contribution < -0.4 is 0 Å². The van der Waals surface area contributed by atoms with E-state index in [1.807, 2.05) is 30.3 Å². The van der Waals surface area contributed by atoms with Crippen LogP contribution in [0, 0.1) is 0 Å². The molecule has 0 atom stereocenters. The van der Waals surface area contributed by atoms with Gasteiger partial charge in [0.2, 0.25) is 0 Å². The zero-order chi connectivity index (χ0) is 27.9. The Balaban J connectivity index is 1.23. The van der Waals surface area contributed by atoms with Crippen LogP contribution in [0.15, 0.2) is 152 Å². The molecule has 0 amide bonds. The molecule has 3 heteroatoms. The summed E-state index contributed by atoms with van der Waals surface area (Å²) < 4.78 is 0. The predicted molar refractivity (Wildman–Crippen MR) is 174 cm³/mol. The molecular weight excluding hydrogens is 510 g/mol. The van der Waals surface area contributed by atoms with Crippen molar-refractivity contribution in [2.24, 2.45) is 0 Å². The molecule has 0 N–H and O–H groups in total. The van der Waals surface area contributed by atoms with Crippen LogP contribution in [-0.4, -0.2) is 15.0 Å². The van der Waals surface area contributed by atoms with Crippen molar-refractivity contribution in [3.63, 3.8) is 0 Å². The van der Waals surface area contributed by atoms with Gasteiger partial charge in [0.15, 0.2) is 5.82 Å². The second-order valence-electron chi connectivity index (χ2n) is 10.5. The van der Waals surface area contributed by atoms with E-state index in [0.29, 0.717) is 5.82 Å². The first-order valence-electron chi connectivity index (χ1n) is 14.1. The number of rotatable bonds is 4. The largest absolute Gasteiger partial charge is 0.244 e. The summed E-state index contributed by atoms with van der Waals surface area (Å²) in [6.07, 6.45) is 0. The lowest BCUT2D eigenvalue weighted by molar-refractivity contribution is 1.19. The summed E-state index contributed by atoms with van der Waals surface area (Å²) in [5.41, 5.74) is 9.24. The fourth-order valence-electron chi connectivity index (χ4n) is 5.75. The SMILES string of the molecule is c1ccc(-c2ccc(-c3nc(-c4ccc5c(-c6ccc7ccccc7c6)cccc5n4)nc4ccccc34)cc2)cc1. The summed E-state index contributed by atoms with van der Waals surface area (Å²) in [6.45, 7) is 0. The molecule has 2 heterocycles. The van der Waals surface area contributed by atoms with Gasteiger partial charge < -0.3 is 0 Å². The highest BCUT2D eigenvalue weighted by Crippen LogP contribution is 2.33. The van der Waals surface area contributed by atoms with Crippen LogP contribution in [0.3, 0.4) is 0 Å². The maximum absolute atomic E-state index is 5.09. The average molecular weight is 536 g/mol. The maximum Gasteiger partial charge on any atom is 0.179 e. The van der Waals surface area contributed by atoms with Gasteiger partial charge in [-0.1, -0.05) is 121 Å². The van der Waals surface area contributed by atoms with Gasteiger partial charge in [-0.15, -0.1) is 0 Å². The second-order valence-corrected chi connectivity index (χ2v) is 10.5. The standard InChI is InChI=1S/C39H25N3/c1-2-9-26(10-3-1)28-17-20-29(21-18-28)38-34-13-6-7-15-36(34)41-39(42-38)37-24-23-33-32(14-8-16-35(33)40-37)31-22-19-27-11-4-5-12-30(27)25-31/h1-25H. The van der Waals surface area contributed by atoms with Crippen molar-refractivity contribution >= 4 is 32.6 Å².